The molecule has 1 aromatic carbocycles. The van der Waals surface area contributed by atoms with Gasteiger partial charge >= 0.3 is 0 Å². The topological polar surface area (TPSA) is 34.1 Å². The number of fused-ring (bicyclic) bond motifs is 1. The SMILES string of the molecule is CCCNC(c1ccc2c(c1)CCO2)c1ccncc1F. The summed E-state index contributed by atoms with van der Waals surface area (Å²) in [5.74, 6) is 0.672. The molecule has 0 bridgehead atoms. The van der Waals surface area contributed by atoms with Crippen LogP contribution >= 0.6 is 0 Å². The molecule has 0 amide bonds. The lowest BCUT2D eigenvalue weighted by Crippen LogP contribution is -2.24. The molecule has 0 spiro atoms. The maximum absolute atomic E-state index is 14.1. The molecule has 4 heteroatoms. The van der Waals surface area contributed by atoms with E-state index in [1.54, 1.807) is 12.3 Å². The summed E-state index contributed by atoms with van der Waals surface area (Å²) in [6, 6.07) is 7.70. The van der Waals surface area contributed by atoms with Gasteiger partial charge in [-0.05, 0) is 36.2 Å². The summed E-state index contributed by atoms with van der Waals surface area (Å²) in [5, 5.41) is 3.43. The minimum atomic E-state index is -0.275. The molecular formula is C17H19FN2O. The molecule has 1 aliphatic heterocycles. The van der Waals surface area contributed by atoms with E-state index in [4.69, 9.17) is 4.74 Å². The van der Waals surface area contributed by atoms with Gasteiger partial charge in [-0.15, -0.1) is 0 Å². The van der Waals surface area contributed by atoms with Crippen molar-refractivity contribution in [2.24, 2.45) is 0 Å². The van der Waals surface area contributed by atoms with Gasteiger partial charge in [0.2, 0.25) is 0 Å². The summed E-state index contributed by atoms with van der Waals surface area (Å²) in [4.78, 5) is 3.84. The maximum atomic E-state index is 14.1. The molecule has 1 aliphatic rings. The van der Waals surface area contributed by atoms with E-state index < -0.39 is 0 Å². The molecule has 3 rings (SSSR count). The quantitative estimate of drug-likeness (QED) is 0.916. The Hall–Kier alpha value is -1.94. The van der Waals surface area contributed by atoms with Crippen LogP contribution in [0.2, 0.25) is 0 Å². The fourth-order valence-electron chi connectivity index (χ4n) is 2.70. The van der Waals surface area contributed by atoms with Crippen molar-refractivity contribution in [2.75, 3.05) is 13.2 Å². The van der Waals surface area contributed by atoms with Crippen LogP contribution < -0.4 is 10.1 Å². The van der Waals surface area contributed by atoms with E-state index in [2.05, 4.69) is 23.3 Å². The second-order valence-corrected chi connectivity index (χ2v) is 5.25. The van der Waals surface area contributed by atoms with Gasteiger partial charge in [0, 0.05) is 18.2 Å². The summed E-state index contributed by atoms with van der Waals surface area (Å²) in [6.07, 6.45) is 4.82. The number of nitrogens with one attached hydrogen (secondary N) is 1. The highest BCUT2D eigenvalue weighted by Crippen LogP contribution is 2.31. The van der Waals surface area contributed by atoms with E-state index in [0.717, 1.165) is 37.3 Å². The largest absolute Gasteiger partial charge is 0.493 e. The van der Waals surface area contributed by atoms with Gasteiger partial charge in [0.1, 0.15) is 11.6 Å². The molecule has 110 valence electrons. The summed E-state index contributed by atoms with van der Waals surface area (Å²) in [6.45, 7) is 3.67. The van der Waals surface area contributed by atoms with Crippen molar-refractivity contribution >= 4 is 0 Å². The molecule has 2 aromatic rings. The fourth-order valence-corrected chi connectivity index (χ4v) is 2.70. The first-order valence-corrected chi connectivity index (χ1v) is 7.38. The molecule has 0 saturated heterocycles. The number of benzene rings is 1. The summed E-state index contributed by atoms with van der Waals surface area (Å²) in [7, 11) is 0. The second-order valence-electron chi connectivity index (χ2n) is 5.25. The van der Waals surface area contributed by atoms with E-state index >= 15 is 0 Å². The third kappa shape index (κ3) is 2.90. The lowest BCUT2D eigenvalue weighted by Gasteiger charge is -2.20. The van der Waals surface area contributed by atoms with Crippen LogP contribution in [0.25, 0.3) is 0 Å². The molecule has 1 atom stereocenters. The van der Waals surface area contributed by atoms with Crippen LogP contribution in [0, 0.1) is 5.82 Å². The number of hydrogen-bond acceptors (Lipinski definition) is 3. The zero-order valence-corrected chi connectivity index (χ0v) is 12.1. The van der Waals surface area contributed by atoms with E-state index in [-0.39, 0.29) is 11.9 Å². The first-order valence-electron chi connectivity index (χ1n) is 7.38. The van der Waals surface area contributed by atoms with Crippen molar-refractivity contribution in [3.63, 3.8) is 0 Å². The third-order valence-corrected chi connectivity index (χ3v) is 3.76. The summed E-state index contributed by atoms with van der Waals surface area (Å²) >= 11 is 0. The number of rotatable bonds is 5. The van der Waals surface area contributed by atoms with Gasteiger partial charge in [0.25, 0.3) is 0 Å². The number of aromatic nitrogens is 1. The van der Waals surface area contributed by atoms with E-state index in [1.807, 2.05) is 12.1 Å². The van der Waals surface area contributed by atoms with Crippen molar-refractivity contribution in [2.45, 2.75) is 25.8 Å². The predicted molar refractivity (Wildman–Crippen MR) is 80.0 cm³/mol. The number of halogens is 1. The van der Waals surface area contributed by atoms with Gasteiger partial charge in [-0.3, -0.25) is 4.98 Å². The van der Waals surface area contributed by atoms with E-state index in [9.17, 15) is 4.39 Å². The Bertz CT molecular complexity index is 630. The molecular weight excluding hydrogens is 267 g/mol. The Kier molecular flexibility index (Phi) is 4.15. The average Bonchev–Trinajstić information content (AvgIpc) is 2.97. The van der Waals surface area contributed by atoms with Crippen molar-refractivity contribution < 1.29 is 9.13 Å². The molecule has 0 aliphatic carbocycles. The fraction of sp³-hybridized carbons (Fsp3) is 0.353. The van der Waals surface area contributed by atoms with Crippen LogP contribution in [0.1, 0.15) is 36.1 Å². The molecule has 1 aromatic heterocycles. The van der Waals surface area contributed by atoms with Crippen LogP contribution in [0.5, 0.6) is 5.75 Å². The Balaban J connectivity index is 1.97. The Labute approximate surface area is 124 Å². The number of ether oxygens (including phenoxy) is 1. The molecule has 2 heterocycles. The van der Waals surface area contributed by atoms with Gasteiger partial charge in [0.15, 0.2) is 0 Å². The van der Waals surface area contributed by atoms with Crippen LogP contribution in [0.15, 0.2) is 36.7 Å². The van der Waals surface area contributed by atoms with Crippen molar-refractivity contribution in [3.05, 3.63) is 59.2 Å². The lowest BCUT2D eigenvalue weighted by molar-refractivity contribution is 0.357. The standard InChI is InChI=1S/C17H19FN2O/c1-2-7-20-17(14-5-8-19-11-15(14)18)13-3-4-16-12(10-13)6-9-21-16/h3-5,8,10-11,17,20H,2,6-7,9H2,1H3. The average molecular weight is 286 g/mol. The van der Waals surface area contributed by atoms with Crippen LogP contribution in [0.3, 0.4) is 0 Å². The predicted octanol–water partition coefficient (Wildman–Crippen LogP) is 3.24. The van der Waals surface area contributed by atoms with Gasteiger partial charge in [0.05, 0.1) is 18.8 Å². The van der Waals surface area contributed by atoms with Crippen LogP contribution in [-0.2, 0) is 6.42 Å². The zero-order valence-electron chi connectivity index (χ0n) is 12.1. The van der Waals surface area contributed by atoms with Crippen molar-refractivity contribution in [1.29, 1.82) is 0 Å². The first-order chi connectivity index (χ1) is 10.3. The monoisotopic (exact) mass is 286 g/mol. The molecule has 3 nitrogen and oxygen atoms in total. The Morgan fingerprint density at radius 1 is 1.38 bits per heavy atom. The molecule has 1 unspecified atom stereocenters. The minimum Gasteiger partial charge on any atom is -0.493 e. The highest BCUT2D eigenvalue weighted by molar-refractivity contribution is 5.43. The highest BCUT2D eigenvalue weighted by Gasteiger charge is 2.20. The van der Waals surface area contributed by atoms with Crippen LogP contribution in [0.4, 0.5) is 4.39 Å². The molecule has 0 saturated carbocycles. The van der Waals surface area contributed by atoms with Gasteiger partial charge in [-0.2, -0.15) is 0 Å². The van der Waals surface area contributed by atoms with Crippen molar-refractivity contribution in [3.8, 4) is 5.75 Å². The normalized spacial score (nSPS) is 14.6. The third-order valence-electron chi connectivity index (χ3n) is 3.76. The first kappa shape index (κ1) is 14.0. The number of hydrogen-bond donors (Lipinski definition) is 1. The number of nitrogens with zero attached hydrogens (tertiary/aromatic N) is 1. The molecule has 0 fully saturated rings. The van der Waals surface area contributed by atoms with E-state index in [1.165, 1.54) is 11.8 Å². The molecule has 1 N–H and O–H groups in total. The van der Waals surface area contributed by atoms with Crippen LogP contribution in [-0.4, -0.2) is 18.1 Å². The van der Waals surface area contributed by atoms with Crippen molar-refractivity contribution in [1.82, 2.24) is 10.3 Å². The van der Waals surface area contributed by atoms with Gasteiger partial charge in [-0.1, -0.05) is 19.1 Å². The zero-order chi connectivity index (χ0) is 14.7. The Morgan fingerprint density at radius 2 is 2.29 bits per heavy atom. The molecule has 21 heavy (non-hydrogen) atoms. The Morgan fingerprint density at radius 3 is 3.10 bits per heavy atom. The lowest BCUT2D eigenvalue weighted by atomic mass is 9.96. The minimum absolute atomic E-state index is 0.154. The van der Waals surface area contributed by atoms with Gasteiger partial charge in [-0.25, -0.2) is 4.39 Å². The number of pyridine rings is 1. The maximum Gasteiger partial charge on any atom is 0.146 e. The molecule has 0 radical (unpaired) electrons. The smallest absolute Gasteiger partial charge is 0.146 e. The second kappa shape index (κ2) is 6.22. The summed E-state index contributed by atoms with van der Waals surface area (Å²) < 4.78 is 19.6. The van der Waals surface area contributed by atoms with E-state index in [0.29, 0.717) is 5.56 Å². The summed E-state index contributed by atoms with van der Waals surface area (Å²) in [5.41, 5.74) is 2.90. The van der Waals surface area contributed by atoms with Gasteiger partial charge < -0.3 is 10.1 Å². The highest BCUT2D eigenvalue weighted by atomic mass is 19.1.